The van der Waals surface area contributed by atoms with Crippen LogP contribution in [0.1, 0.15) is 39.2 Å². The molecule has 2 aliphatic heterocycles. The van der Waals surface area contributed by atoms with E-state index in [1.54, 1.807) is 41.3 Å². The number of nitrogens with zero attached hydrogens (tertiary/aromatic N) is 2. The topological polar surface area (TPSA) is 76.2 Å². The summed E-state index contributed by atoms with van der Waals surface area (Å²) in [5.41, 5.74) is 1.65. The molecule has 0 unspecified atom stereocenters. The van der Waals surface area contributed by atoms with Gasteiger partial charge in [0.25, 0.3) is 0 Å². The summed E-state index contributed by atoms with van der Waals surface area (Å²) in [7, 11) is -2.10. The Kier molecular flexibility index (Phi) is 6.31. The largest absolute Gasteiger partial charge is 0.497 e. The number of fused-ring (bicyclic) bond motifs is 1. The molecule has 7 nitrogen and oxygen atoms in total. The molecule has 0 spiro atoms. The molecular formula is C25H32N2O5S. The lowest BCUT2D eigenvalue weighted by molar-refractivity contribution is 0.0205. The highest BCUT2D eigenvalue weighted by molar-refractivity contribution is 7.91. The fourth-order valence-corrected chi connectivity index (χ4v) is 5.89. The fraction of sp³-hybridized carbons (Fsp3) is 0.480. The minimum atomic E-state index is -3.62. The Hall–Kier alpha value is -2.74. The maximum Gasteiger partial charge on any atom is 0.410 e. The van der Waals surface area contributed by atoms with Gasteiger partial charge in [0.2, 0.25) is 9.84 Å². The highest BCUT2D eigenvalue weighted by atomic mass is 32.2. The Bertz CT molecular complexity index is 1130. The van der Waals surface area contributed by atoms with Gasteiger partial charge in [-0.2, -0.15) is 0 Å². The summed E-state index contributed by atoms with van der Waals surface area (Å²) in [6.07, 6.45) is 2.28. The van der Waals surface area contributed by atoms with Gasteiger partial charge >= 0.3 is 6.09 Å². The van der Waals surface area contributed by atoms with Crippen LogP contribution in [-0.4, -0.2) is 57.8 Å². The Balaban J connectivity index is 1.47. The number of amides is 1. The van der Waals surface area contributed by atoms with E-state index >= 15 is 0 Å². The van der Waals surface area contributed by atoms with E-state index in [0.29, 0.717) is 29.8 Å². The van der Waals surface area contributed by atoms with Crippen LogP contribution in [0.3, 0.4) is 0 Å². The number of rotatable bonds is 4. The molecule has 2 aromatic rings. The van der Waals surface area contributed by atoms with Crippen LogP contribution >= 0.6 is 0 Å². The third-order valence-electron chi connectivity index (χ3n) is 6.20. The Morgan fingerprint density at radius 2 is 1.70 bits per heavy atom. The van der Waals surface area contributed by atoms with Gasteiger partial charge < -0.3 is 19.3 Å². The standard InChI is InChI=1S/C25H32N2O5S/c1-25(2,3)32-24(28)26-13-11-19(12-14-26)27-15-10-18-16-22(8-9-23(18)27)33(29,30)21-7-5-6-20(17-21)31-4/h5-9,16-17,19H,10-15H2,1-4H3. The quantitative estimate of drug-likeness (QED) is 0.661. The van der Waals surface area contributed by atoms with Crippen LogP contribution in [0, 0.1) is 0 Å². The molecular weight excluding hydrogens is 440 g/mol. The van der Waals surface area contributed by atoms with E-state index in [4.69, 9.17) is 9.47 Å². The van der Waals surface area contributed by atoms with Gasteiger partial charge in [-0.3, -0.25) is 0 Å². The molecule has 33 heavy (non-hydrogen) atoms. The third kappa shape index (κ3) is 4.95. The van der Waals surface area contributed by atoms with Crippen LogP contribution < -0.4 is 9.64 Å². The van der Waals surface area contributed by atoms with Crippen molar-refractivity contribution in [3.63, 3.8) is 0 Å². The molecule has 4 rings (SSSR count). The van der Waals surface area contributed by atoms with E-state index in [-0.39, 0.29) is 11.0 Å². The number of hydrogen-bond acceptors (Lipinski definition) is 6. The van der Waals surface area contributed by atoms with Gasteiger partial charge in [0.05, 0.1) is 16.9 Å². The second kappa shape index (κ2) is 8.89. The van der Waals surface area contributed by atoms with E-state index < -0.39 is 15.4 Å². The molecule has 0 atom stereocenters. The Labute approximate surface area is 196 Å². The van der Waals surface area contributed by atoms with E-state index in [9.17, 15) is 13.2 Å². The Morgan fingerprint density at radius 1 is 1.00 bits per heavy atom. The summed E-state index contributed by atoms with van der Waals surface area (Å²) >= 11 is 0. The van der Waals surface area contributed by atoms with Crippen molar-refractivity contribution < 1.29 is 22.7 Å². The number of ether oxygens (including phenoxy) is 2. The molecule has 0 aromatic heterocycles. The number of carbonyl (C=O) groups is 1. The first-order valence-corrected chi connectivity index (χ1v) is 12.8. The summed E-state index contributed by atoms with van der Waals surface area (Å²) in [5.74, 6) is 0.515. The predicted molar refractivity (Wildman–Crippen MR) is 127 cm³/mol. The zero-order valence-corrected chi connectivity index (χ0v) is 20.5. The molecule has 1 fully saturated rings. The molecule has 2 heterocycles. The number of methoxy groups -OCH3 is 1. The van der Waals surface area contributed by atoms with Crippen molar-refractivity contribution in [2.75, 3.05) is 31.6 Å². The Morgan fingerprint density at radius 3 is 2.36 bits per heavy atom. The maximum absolute atomic E-state index is 13.2. The summed E-state index contributed by atoms with van der Waals surface area (Å²) < 4.78 is 37.0. The van der Waals surface area contributed by atoms with Gasteiger partial charge in [0.1, 0.15) is 11.4 Å². The molecule has 1 amide bonds. The number of anilines is 1. The number of sulfone groups is 1. The van der Waals surface area contributed by atoms with Crippen LogP contribution in [0.15, 0.2) is 52.3 Å². The zero-order valence-electron chi connectivity index (χ0n) is 19.7. The summed E-state index contributed by atoms with van der Waals surface area (Å²) in [6, 6.07) is 12.3. The first-order chi connectivity index (χ1) is 15.6. The van der Waals surface area contributed by atoms with E-state index in [2.05, 4.69) is 4.90 Å². The first kappa shape index (κ1) is 23.4. The monoisotopic (exact) mass is 472 g/mol. The second-order valence-corrected chi connectivity index (χ2v) is 11.6. The lowest BCUT2D eigenvalue weighted by Gasteiger charge is -2.38. The van der Waals surface area contributed by atoms with Crippen LogP contribution in [0.25, 0.3) is 0 Å². The molecule has 0 N–H and O–H groups in total. The van der Waals surface area contributed by atoms with Crippen molar-refractivity contribution in [2.24, 2.45) is 0 Å². The SMILES string of the molecule is COc1cccc(S(=O)(=O)c2ccc3c(c2)CCN3C2CCN(C(=O)OC(C)(C)C)CC2)c1. The van der Waals surface area contributed by atoms with Gasteiger partial charge in [0.15, 0.2) is 0 Å². The lowest BCUT2D eigenvalue weighted by atomic mass is 10.0. The van der Waals surface area contributed by atoms with Crippen LogP contribution in [-0.2, 0) is 21.0 Å². The predicted octanol–water partition coefficient (Wildman–Crippen LogP) is 4.29. The zero-order chi connectivity index (χ0) is 23.8. The van der Waals surface area contributed by atoms with Crippen molar-refractivity contribution >= 4 is 21.6 Å². The summed E-state index contributed by atoms with van der Waals surface area (Å²) in [6.45, 7) is 7.81. The van der Waals surface area contributed by atoms with Crippen LogP contribution in [0.2, 0.25) is 0 Å². The molecule has 2 aromatic carbocycles. The third-order valence-corrected chi connectivity index (χ3v) is 7.95. The molecule has 8 heteroatoms. The minimum Gasteiger partial charge on any atom is -0.497 e. The summed E-state index contributed by atoms with van der Waals surface area (Å²) in [5, 5.41) is 0. The first-order valence-electron chi connectivity index (χ1n) is 11.3. The lowest BCUT2D eigenvalue weighted by Crippen LogP contribution is -2.47. The smallest absolute Gasteiger partial charge is 0.410 e. The highest BCUT2D eigenvalue weighted by Gasteiger charge is 2.33. The average molecular weight is 473 g/mol. The van der Waals surface area contributed by atoms with Crippen LogP contribution in [0.4, 0.5) is 10.5 Å². The van der Waals surface area contributed by atoms with Crippen molar-refractivity contribution in [1.82, 2.24) is 4.90 Å². The molecule has 1 saturated heterocycles. The number of benzene rings is 2. The average Bonchev–Trinajstić information content (AvgIpc) is 3.21. The van der Waals surface area contributed by atoms with E-state index in [0.717, 1.165) is 37.1 Å². The molecule has 0 aliphatic carbocycles. The van der Waals surface area contributed by atoms with Crippen molar-refractivity contribution in [1.29, 1.82) is 0 Å². The van der Waals surface area contributed by atoms with E-state index in [1.807, 2.05) is 26.8 Å². The fourth-order valence-electron chi connectivity index (χ4n) is 4.54. The maximum atomic E-state index is 13.2. The van der Waals surface area contributed by atoms with Gasteiger partial charge in [-0.05, 0) is 82.0 Å². The molecule has 2 aliphatic rings. The van der Waals surface area contributed by atoms with E-state index in [1.165, 1.54) is 7.11 Å². The molecule has 0 bridgehead atoms. The number of carbonyl (C=O) groups excluding carboxylic acids is 1. The van der Waals surface area contributed by atoms with Gasteiger partial charge in [0, 0.05) is 31.4 Å². The van der Waals surface area contributed by atoms with Crippen LogP contribution in [0.5, 0.6) is 5.75 Å². The normalized spacial score (nSPS) is 17.1. The van der Waals surface area contributed by atoms with Gasteiger partial charge in [-0.1, -0.05) is 6.07 Å². The van der Waals surface area contributed by atoms with Crippen molar-refractivity contribution in [2.45, 2.75) is 61.5 Å². The summed E-state index contributed by atoms with van der Waals surface area (Å²) in [4.78, 5) is 17.0. The molecule has 0 radical (unpaired) electrons. The van der Waals surface area contributed by atoms with Gasteiger partial charge in [-0.15, -0.1) is 0 Å². The van der Waals surface area contributed by atoms with Gasteiger partial charge in [-0.25, -0.2) is 13.2 Å². The second-order valence-electron chi connectivity index (χ2n) is 9.61. The molecule has 0 saturated carbocycles. The number of likely N-dealkylation sites (tertiary alicyclic amines) is 1. The van der Waals surface area contributed by atoms with Crippen molar-refractivity contribution in [3.05, 3.63) is 48.0 Å². The highest BCUT2D eigenvalue weighted by Crippen LogP contribution is 2.35. The number of piperidine rings is 1. The number of hydrogen-bond donors (Lipinski definition) is 0. The van der Waals surface area contributed by atoms with Crippen molar-refractivity contribution in [3.8, 4) is 5.75 Å². The minimum absolute atomic E-state index is 0.228. The molecule has 178 valence electrons.